The highest BCUT2D eigenvalue weighted by molar-refractivity contribution is 6.05. The fraction of sp³-hybridized carbons (Fsp3) is 0.692. The van der Waals surface area contributed by atoms with Gasteiger partial charge in [-0.3, -0.25) is 9.59 Å². The van der Waals surface area contributed by atoms with Crippen LogP contribution in [0.2, 0.25) is 0 Å². The Labute approximate surface area is 96.9 Å². The molecule has 0 aromatic heterocycles. The van der Waals surface area contributed by atoms with Crippen molar-refractivity contribution in [1.82, 2.24) is 0 Å². The van der Waals surface area contributed by atoms with Crippen molar-refractivity contribution in [3.63, 3.8) is 0 Å². The van der Waals surface area contributed by atoms with E-state index >= 15 is 0 Å². The van der Waals surface area contributed by atoms with E-state index in [-0.39, 0.29) is 11.7 Å². The maximum absolute atomic E-state index is 12.0. The fourth-order valence-corrected chi connectivity index (χ4v) is 2.45. The molecular formula is C13H20O3. The highest BCUT2D eigenvalue weighted by atomic mass is 16.5. The molecule has 0 radical (unpaired) electrons. The molecule has 0 heterocycles. The topological polar surface area (TPSA) is 43.4 Å². The van der Waals surface area contributed by atoms with Crippen LogP contribution in [0.3, 0.4) is 0 Å². The number of allylic oxidation sites excluding steroid dienone is 1. The maximum atomic E-state index is 12.0. The summed E-state index contributed by atoms with van der Waals surface area (Å²) in [4.78, 5) is 23.9. The van der Waals surface area contributed by atoms with Crippen molar-refractivity contribution in [3.05, 3.63) is 12.2 Å². The van der Waals surface area contributed by atoms with E-state index in [2.05, 4.69) is 6.58 Å². The number of rotatable bonds is 4. The van der Waals surface area contributed by atoms with Crippen LogP contribution in [0.4, 0.5) is 0 Å². The number of hydrogen-bond donors (Lipinski definition) is 0. The van der Waals surface area contributed by atoms with E-state index < -0.39 is 11.4 Å². The van der Waals surface area contributed by atoms with Crippen molar-refractivity contribution in [2.75, 3.05) is 7.11 Å². The predicted octanol–water partition coefficient (Wildman–Crippen LogP) is 2.50. The Balaban J connectivity index is 3.06. The minimum atomic E-state index is -0.957. The predicted molar refractivity (Wildman–Crippen MR) is 61.9 cm³/mol. The molecule has 1 fully saturated rings. The van der Waals surface area contributed by atoms with Crippen LogP contribution in [0, 0.1) is 11.3 Å². The largest absolute Gasteiger partial charge is 0.468 e. The Bertz CT molecular complexity index is 319. The fourth-order valence-electron chi connectivity index (χ4n) is 2.45. The first kappa shape index (κ1) is 12.9. The summed E-state index contributed by atoms with van der Waals surface area (Å²) in [5.41, 5.74) is -0.0190. The third-order valence-electron chi connectivity index (χ3n) is 3.72. The minimum absolute atomic E-state index is 0.0152. The first-order chi connectivity index (χ1) is 7.48. The normalized spacial score (nSPS) is 29.2. The van der Waals surface area contributed by atoms with Gasteiger partial charge in [0.05, 0.1) is 7.11 Å². The number of carbonyl (C=O) groups excluding carboxylic acids is 2. The van der Waals surface area contributed by atoms with Crippen LogP contribution in [0.25, 0.3) is 0 Å². The van der Waals surface area contributed by atoms with Crippen LogP contribution >= 0.6 is 0 Å². The van der Waals surface area contributed by atoms with Crippen LogP contribution in [0.5, 0.6) is 0 Å². The maximum Gasteiger partial charge on any atom is 0.319 e. The second-order valence-corrected chi connectivity index (χ2v) is 4.61. The van der Waals surface area contributed by atoms with Crippen molar-refractivity contribution < 1.29 is 14.3 Å². The Hall–Kier alpha value is -1.12. The lowest BCUT2D eigenvalue weighted by Crippen LogP contribution is -2.41. The molecule has 16 heavy (non-hydrogen) atoms. The molecule has 0 spiro atoms. The molecule has 1 aliphatic carbocycles. The zero-order valence-electron chi connectivity index (χ0n) is 10.3. The van der Waals surface area contributed by atoms with Crippen molar-refractivity contribution in [2.24, 2.45) is 11.3 Å². The van der Waals surface area contributed by atoms with Gasteiger partial charge in [-0.05, 0) is 25.2 Å². The lowest BCUT2D eigenvalue weighted by atomic mass is 9.73. The van der Waals surface area contributed by atoms with Gasteiger partial charge in [0.25, 0.3) is 0 Å². The lowest BCUT2D eigenvalue weighted by molar-refractivity contribution is -0.158. The van der Waals surface area contributed by atoms with E-state index in [1.54, 1.807) is 0 Å². The molecule has 1 saturated carbocycles. The summed E-state index contributed by atoms with van der Waals surface area (Å²) in [7, 11) is 1.34. The Morgan fingerprint density at radius 3 is 2.62 bits per heavy atom. The Kier molecular flexibility index (Phi) is 3.89. The molecule has 1 unspecified atom stereocenters. The Morgan fingerprint density at radius 2 is 2.25 bits per heavy atom. The molecule has 0 amide bonds. The molecule has 0 saturated heterocycles. The molecule has 0 aromatic rings. The molecule has 0 N–H and O–H groups in total. The summed E-state index contributed by atoms with van der Waals surface area (Å²) in [6.07, 6.45) is 2.48. The second-order valence-electron chi connectivity index (χ2n) is 4.61. The summed E-state index contributed by atoms with van der Waals surface area (Å²) in [5, 5.41) is 0. The highest BCUT2D eigenvalue weighted by Gasteiger charge is 2.54. The van der Waals surface area contributed by atoms with Gasteiger partial charge in [-0.25, -0.2) is 0 Å². The van der Waals surface area contributed by atoms with E-state index in [4.69, 9.17) is 4.74 Å². The molecule has 1 rings (SSSR count). The molecule has 3 heteroatoms. The SMILES string of the molecule is C=C(CC)CC1(C(=O)OC)C(=O)CC[C@H]1C. The molecule has 90 valence electrons. The van der Waals surface area contributed by atoms with E-state index in [0.29, 0.717) is 12.8 Å². The second kappa shape index (κ2) is 4.81. The number of Topliss-reactive ketones (excluding diaryl/α,β-unsaturated/α-hetero) is 1. The quantitative estimate of drug-likeness (QED) is 0.418. The van der Waals surface area contributed by atoms with Crippen molar-refractivity contribution in [3.8, 4) is 0 Å². The van der Waals surface area contributed by atoms with Crippen molar-refractivity contribution >= 4 is 11.8 Å². The van der Waals surface area contributed by atoms with Crippen LogP contribution in [-0.2, 0) is 14.3 Å². The molecule has 3 nitrogen and oxygen atoms in total. The third kappa shape index (κ3) is 1.91. The summed E-state index contributed by atoms with van der Waals surface area (Å²) < 4.78 is 4.82. The molecular weight excluding hydrogens is 204 g/mol. The number of esters is 1. The number of methoxy groups -OCH3 is 1. The van der Waals surface area contributed by atoms with E-state index in [9.17, 15) is 9.59 Å². The van der Waals surface area contributed by atoms with Gasteiger partial charge in [0.1, 0.15) is 5.41 Å². The van der Waals surface area contributed by atoms with Gasteiger partial charge in [0, 0.05) is 6.42 Å². The van der Waals surface area contributed by atoms with Gasteiger partial charge < -0.3 is 4.74 Å². The average molecular weight is 224 g/mol. The van der Waals surface area contributed by atoms with Crippen LogP contribution in [0.15, 0.2) is 12.2 Å². The zero-order valence-corrected chi connectivity index (χ0v) is 10.3. The standard InChI is InChI=1S/C13H20O3/c1-5-9(2)8-13(12(15)16-4)10(3)6-7-11(13)14/h10H,2,5-8H2,1,3-4H3/t10-,13?/m1/s1. The number of ketones is 1. The van der Waals surface area contributed by atoms with Crippen LogP contribution in [0.1, 0.15) is 39.5 Å². The molecule has 1 aliphatic rings. The highest BCUT2D eigenvalue weighted by Crippen LogP contribution is 2.46. The van der Waals surface area contributed by atoms with Gasteiger partial charge in [-0.15, -0.1) is 0 Å². The van der Waals surface area contributed by atoms with Gasteiger partial charge in [-0.1, -0.05) is 26.0 Å². The number of hydrogen-bond acceptors (Lipinski definition) is 3. The molecule has 0 bridgehead atoms. The van der Waals surface area contributed by atoms with Gasteiger partial charge in [-0.2, -0.15) is 0 Å². The number of carbonyl (C=O) groups is 2. The monoisotopic (exact) mass is 224 g/mol. The first-order valence-corrected chi connectivity index (χ1v) is 5.77. The summed E-state index contributed by atoms with van der Waals surface area (Å²) in [6.45, 7) is 7.84. The van der Waals surface area contributed by atoms with E-state index in [1.165, 1.54) is 7.11 Å². The smallest absolute Gasteiger partial charge is 0.319 e. The first-order valence-electron chi connectivity index (χ1n) is 5.77. The van der Waals surface area contributed by atoms with Crippen LogP contribution < -0.4 is 0 Å². The van der Waals surface area contributed by atoms with Crippen molar-refractivity contribution in [1.29, 1.82) is 0 Å². The van der Waals surface area contributed by atoms with Gasteiger partial charge >= 0.3 is 5.97 Å². The van der Waals surface area contributed by atoms with E-state index in [1.807, 2.05) is 13.8 Å². The van der Waals surface area contributed by atoms with Gasteiger partial charge in [0.2, 0.25) is 0 Å². The zero-order chi connectivity index (χ0) is 12.3. The molecule has 2 atom stereocenters. The lowest BCUT2D eigenvalue weighted by Gasteiger charge is -2.29. The summed E-state index contributed by atoms with van der Waals surface area (Å²) in [6, 6.07) is 0. The van der Waals surface area contributed by atoms with Crippen LogP contribution in [-0.4, -0.2) is 18.9 Å². The van der Waals surface area contributed by atoms with E-state index in [0.717, 1.165) is 18.4 Å². The van der Waals surface area contributed by atoms with Gasteiger partial charge in [0.15, 0.2) is 5.78 Å². The summed E-state index contributed by atoms with van der Waals surface area (Å²) >= 11 is 0. The van der Waals surface area contributed by atoms with Crippen molar-refractivity contribution in [2.45, 2.75) is 39.5 Å². The molecule has 0 aliphatic heterocycles. The minimum Gasteiger partial charge on any atom is -0.468 e. The Morgan fingerprint density at radius 1 is 1.62 bits per heavy atom. The average Bonchev–Trinajstić information content (AvgIpc) is 2.56. The molecule has 0 aromatic carbocycles. The third-order valence-corrected chi connectivity index (χ3v) is 3.72. The number of ether oxygens (including phenoxy) is 1. The summed E-state index contributed by atoms with van der Waals surface area (Å²) in [5.74, 6) is -0.325.